The monoisotopic (exact) mass is 427 g/mol. The number of methoxy groups -OCH3 is 1. The van der Waals surface area contributed by atoms with E-state index >= 15 is 0 Å². The zero-order valence-electron chi connectivity index (χ0n) is 17.6. The first-order valence-electron chi connectivity index (χ1n) is 9.76. The highest BCUT2D eigenvalue weighted by Crippen LogP contribution is 2.33. The lowest BCUT2D eigenvalue weighted by Gasteiger charge is -2.31. The number of amides is 1. The molecule has 0 spiro atoms. The molecule has 4 rings (SSSR count). The lowest BCUT2D eigenvalue weighted by atomic mass is 10.2. The van der Waals surface area contributed by atoms with Crippen molar-refractivity contribution in [3.05, 3.63) is 53.4 Å². The number of aryl methyl sites for hydroxylation is 1. The molecule has 0 aliphatic carbocycles. The number of carbonyl (C=O) groups excluding carboxylic acids is 1. The highest BCUT2D eigenvalue weighted by atomic mass is 32.2. The molecule has 1 aromatic carbocycles. The van der Waals surface area contributed by atoms with Crippen LogP contribution in [0.4, 0.5) is 5.82 Å². The van der Waals surface area contributed by atoms with Gasteiger partial charge in [-0.1, -0.05) is 30.8 Å². The molecule has 0 N–H and O–H groups in total. The Morgan fingerprint density at radius 3 is 2.80 bits per heavy atom. The minimum absolute atomic E-state index is 0.0326. The van der Waals surface area contributed by atoms with Crippen LogP contribution < -0.4 is 9.64 Å². The number of aromatic nitrogens is 3. The second-order valence-electron chi connectivity index (χ2n) is 7.22. The molecule has 0 unspecified atom stereocenters. The highest BCUT2D eigenvalue weighted by molar-refractivity contribution is 7.98. The summed E-state index contributed by atoms with van der Waals surface area (Å²) >= 11 is 1.52. The number of carbonyl (C=O) groups is 1. The maximum atomic E-state index is 13.0. The van der Waals surface area contributed by atoms with E-state index in [1.54, 1.807) is 25.3 Å². The van der Waals surface area contributed by atoms with Crippen LogP contribution in [-0.4, -0.2) is 53.2 Å². The molecule has 0 bridgehead atoms. The summed E-state index contributed by atoms with van der Waals surface area (Å²) in [6, 6.07) is 7.85. The van der Waals surface area contributed by atoms with Gasteiger partial charge in [0.05, 0.1) is 31.8 Å². The van der Waals surface area contributed by atoms with Gasteiger partial charge in [-0.05, 0) is 24.1 Å². The van der Waals surface area contributed by atoms with Crippen LogP contribution in [0.15, 0.2) is 40.1 Å². The van der Waals surface area contributed by atoms with Crippen molar-refractivity contribution >= 4 is 23.5 Å². The Kier molecular flexibility index (Phi) is 5.72. The summed E-state index contributed by atoms with van der Waals surface area (Å²) in [5, 5.41) is 0.759. The highest BCUT2D eigenvalue weighted by Gasteiger charge is 2.32. The van der Waals surface area contributed by atoms with Crippen LogP contribution in [0.1, 0.15) is 34.6 Å². The molecular weight excluding hydrogens is 402 g/mol. The number of imidazole rings is 1. The van der Waals surface area contributed by atoms with Gasteiger partial charge in [0.15, 0.2) is 16.7 Å². The average molecular weight is 428 g/mol. The zero-order valence-corrected chi connectivity index (χ0v) is 18.4. The largest absolute Gasteiger partial charge is 0.497 e. The fraction of sp³-hybridized carbons (Fsp3) is 0.381. The Labute approximate surface area is 179 Å². The number of ether oxygens (including phenoxy) is 1. The van der Waals surface area contributed by atoms with Crippen LogP contribution in [-0.2, 0) is 18.7 Å². The minimum atomic E-state index is -0.0326. The Hall–Kier alpha value is -2.94. The van der Waals surface area contributed by atoms with Gasteiger partial charge in [0.25, 0.3) is 5.91 Å². The maximum Gasteiger partial charge on any atom is 0.275 e. The molecule has 1 aliphatic heterocycles. The molecule has 9 heteroatoms. The average Bonchev–Trinajstić information content (AvgIpc) is 3.36. The molecule has 0 atom stereocenters. The number of hydrogen-bond donors (Lipinski definition) is 0. The van der Waals surface area contributed by atoms with E-state index in [2.05, 4.69) is 4.98 Å². The first-order chi connectivity index (χ1) is 14.5. The molecule has 3 heterocycles. The lowest BCUT2D eigenvalue weighted by molar-refractivity contribution is 0.0773. The van der Waals surface area contributed by atoms with Crippen molar-refractivity contribution in [1.29, 1.82) is 0 Å². The number of fused-ring (bicyclic) bond motifs is 1. The number of hydrogen-bond acceptors (Lipinski definition) is 7. The minimum Gasteiger partial charge on any atom is -0.497 e. The van der Waals surface area contributed by atoms with Gasteiger partial charge in [-0.3, -0.25) is 4.79 Å². The van der Waals surface area contributed by atoms with E-state index in [0.29, 0.717) is 36.4 Å². The molecule has 1 aliphatic rings. The topological polar surface area (TPSA) is 76.6 Å². The van der Waals surface area contributed by atoms with E-state index in [9.17, 15) is 4.79 Å². The van der Waals surface area contributed by atoms with Crippen LogP contribution >= 0.6 is 11.8 Å². The smallest absolute Gasteiger partial charge is 0.275 e. The molecular formula is C21H25N5O3S. The van der Waals surface area contributed by atoms with Gasteiger partial charge in [-0.15, -0.1) is 0 Å². The number of thioether (sulfide) groups is 1. The van der Waals surface area contributed by atoms with Gasteiger partial charge in [0.2, 0.25) is 5.89 Å². The second-order valence-corrected chi connectivity index (χ2v) is 8.16. The van der Waals surface area contributed by atoms with Gasteiger partial charge in [0, 0.05) is 14.1 Å². The van der Waals surface area contributed by atoms with Crippen LogP contribution in [0.5, 0.6) is 5.75 Å². The van der Waals surface area contributed by atoms with Crippen molar-refractivity contribution in [3.63, 3.8) is 0 Å². The second kappa shape index (κ2) is 8.43. The summed E-state index contributed by atoms with van der Waals surface area (Å²) in [5.41, 5.74) is 2.56. The number of nitrogens with zero attached hydrogens (tertiary/aromatic N) is 5. The number of anilines is 1. The normalized spacial score (nSPS) is 13.7. The van der Waals surface area contributed by atoms with Crippen molar-refractivity contribution in [2.45, 2.75) is 30.8 Å². The third-order valence-electron chi connectivity index (χ3n) is 5.01. The van der Waals surface area contributed by atoms with Gasteiger partial charge in [-0.25, -0.2) is 9.97 Å². The van der Waals surface area contributed by atoms with Crippen molar-refractivity contribution in [2.24, 2.45) is 0 Å². The van der Waals surface area contributed by atoms with E-state index in [1.807, 2.05) is 47.7 Å². The Morgan fingerprint density at radius 1 is 1.23 bits per heavy atom. The summed E-state index contributed by atoms with van der Waals surface area (Å²) in [4.78, 5) is 26.0. The summed E-state index contributed by atoms with van der Waals surface area (Å²) in [6.07, 6.45) is 2.52. The lowest BCUT2D eigenvalue weighted by Crippen LogP contribution is -2.43. The number of benzene rings is 1. The van der Waals surface area contributed by atoms with Crippen molar-refractivity contribution in [1.82, 2.24) is 19.4 Å². The standard InChI is InChI=1S/C21H25N5O3S/c1-5-15-11-29-17(22-15)12-30-21-23-19-18(20(27)25(3)13-24(19)2)26(21)10-14-7-6-8-16(9-14)28-4/h6-9,11H,5,10,12-13H2,1-4H3. The van der Waals surface area contributed by atoms with Gasteiger partial charge >= 0.3 is 0 Å². The van der Waals surface area contributed by atoms with Crippen molar-refractivity contribution in [3.8, 4) is 5.75 Å². The van der Waals surface area contributed by atoms with Gasteiger partial charge in [0.1, 0.15) is 12.0 Å². The van der Waals surface area contributed by atoms with Gasteiger partial charge < -0.3 is 23.5 Å². The molecule has 30 heavy (non-hydrogen) atoms. The van der Waals surface area contributed by atoms with E-state index in [1.165, 1.54) is 11.8 Å². The molecule has 158 valence electrons. The van der Waals surface area contributed by atoms with Crippen molar-refractivity contribution in [2.75, 3.05) is 32.8 Å². The fourth-order valence-electron chi connectivity index (χ4n) is 3.44. The zero-order chi connectivity index (χ0) is 21.3. The molecule has 3 aromatic rings. The first-order valence-corrected chi connectivity index (χ1v) is 10.7. The molecule has 0 saturated carbocycles. The molecule has 8 nitrogen and oxygen atoms in total. The molecule has 1 amide bonds. The first kappa shape index (κ1) is 20.3. The summed E-state index contributed by atoms with van der Waals surface area (Å²) in [6.45, 7) is 3.06. The van der Waals surface area contributed by atoms with Crippen LogP contribution in [0.25, 0.3) is 0 Å². The third kappa shape index (κ3) is 3.89. The number of rotatable bonds is 7. The quantitative estimate of drug-likeness (QED) is 0.536. The molecule has 2 aromatic heterocycles. The molecule has 0 radical (unpaired) electrons. The predicted molar refractivity (Wildman–Crippen MR) is 115 cm³/mol. The SMILES string of the molecule is CCc1coc(CSc2nc3c(n2Cc2cccc(OC)c2)C(=O)N(C)CN3C)n1. The molecule has 0 fully saturated rings. The Balaban J connectivity index is 1.70. The van der Waals surface area contributed by atoms with E-state index in [-0.39, 0.29) is 5.91 Å². The fourth-order valence-corrected chi connectivity index (χ4v) is 4.29. The number of oxazole rings is 1. The van der Waals surface area contributed by atoms with Crippen LogP contribution in [0.2, 0.25) is 0 Å². The summed E-state index contributed by atoms with van der Waals surface area (Å²) in [7, 11) is 5.39. The molecule has 0 saturated heterocycles. The van der Waals surface area contributed by atoms with E-state index < -0.39 is 0 Å². The Bertz CT molecular complexity index is 1060. The third-order valence-corrected chi connectivity index (χ3v) is 5.97. The van der Waals surface area contributed by atoms with Crippen molar-refractivity contribution < 1.29 is 13.9 Å². The van der Waals surface area contributed by atoms with E-state index in [0.717, 1.165) is 28.6 Å². The van der Waals surface area contributed by atoms with Gasteiger partial charge in [-0.2, -0.15) is 0 Å². The summed E-state index contributed by atoms with van der Waals surface area (Å²) < 4.78 is 12.9. The maximum absolute atomic E-state index is 13.0. The van der Waals surface area contributed by atoms with Crippen LogP contribution in [0, 0.1) is 0 Å². The van der Waals surface area contributed by atoms with E-state index in [4.69, 9.17) is 14.1 Å². The predicted octanol–water partition coefficient (Wildman–Crippen LogP) is 3.26. The van der Waals surface area contributed by atoms with Crippen LogP contribution in [0.3, 0.4) is 0 Å². The Morgan fingerprint density at radius 2 is 2.07 bits per heavy atom. The summed E-state index contributed by atoms with van der Waals surface area (Å²) in [5.74, 6) is 2.65.